The maximum atomic E-state index is 12.0. The van der Waals surface area contributed by atoms with Crippen molar-refractivity contribution in [2.45, 2.75) is 0 Å². The van der Waals surface area contributed by atoms with Gasteiger partial charge in [0.15, 0.2) is 5.78 Å². The van der Waals surface area contributed by atoms with E-state index in [0.717, 1.165) is 5.56 Å². The predicted octanol–water partition coefficient (Wildman–Crippen LogP) is 4.71. The van der Waals surface area contributed by atoms with Crippen LogP contribution in [-0.2, 0) is 0 Å². The number of carbonyl (C=O) groups is 1. The summed E-state index contributed by atoms with van der Waals surface area (Å²) in [6.07, 6.45) is 4.85. The molecule has 0 saturated carbocycles. The lowest BCUT2D eigenvalue weighted by atomic mass is 10.1. The molecule has 0 aliphatic carbocycles. The van der Waals surface area contributed by atoms with Crippen LogP contribution in [0.2, 0.25) is 0 Å². The Labute approximate surface area is 129 Å². The third-order valence-electron chi connectivity index (χ3n) is 2.85. The van der Waals surface area contributed by atoms with Crippen LogP contribution in [0.3, 0.4) is 0 Å². The number of hydrogen-bond acceptors (Lipinski definition) is 2. The molecule has 2 aromatic rings. The molecule has 3 heteroatoms. The molecule has 0 heterocycles. The first-order valence-corrected chi connectivity index (χ1v) is 6.85. The van der Waals surface area contributed by atoms with E-state index in [2.05, 4.69) is 0 Å². The largest absolute Gasteiger partial charge is 0.497 e. The maximum absolute atomic E-state index is 12.0. The molecule has 0 radical (unpaired) electrons. The summed E-state index contributed by atoms with van der Waals surface area (Å²) >= 11 is 6.10. The van der Waals surface area contributed by atoms with Crippen LogP contribution in [0.25, 0.3) is 6.08 Å². The van der Waals surface area contributed by atoms with Gasteiger partial charge in [-0.25, -0.2) is 0 Å². The normalized spacial score (nSPS) is 11.6. The van der Waals surface area contributed by atoms with Gasteiger partial charge in [-0.1, -0.05) is 54.1 Å². The van der Waals surface area contributed by atoms with Crippen LogP contribution in [0.1, 0.15) is 15.9 Å². The minimum absolute atomic E-state index is 0.117. The second kappa shape index (κ2) is 7.46. The fourth-order valence-corrected chi connectivity index (χ4v) is 1.97. The Morgan fingerprint density at radius 2 is 1.81 bits per heavy atom. The van der Waals surface area contributed by atoms with Gasteiger partial charge >= 0.3 is 0 Å². The molecular formula is C18H15ClO2. The third-order valence-corrected chi connectivity index (χ3v) is 3.09. The van der Waals surface area contributed by atoms with Crippen molar-refractivity contribution in [3.8, 4) is 5.75 Å². The molecule has 0 unspecified atom stereocenters. The number of ether oxygens (including phenoxy) is 1. The lowest BCUT2D eigenvalue weighted by Crippen LogP contribution is -1.94. The van der Waals surface area contributed by atoms with E-state index < -0.39 is 0 Å². The smallest absolute Gasteiger partial charge is 0.186 e. The Morgan fingerprint density at radius 1 is 1.05 bits per heavy atom. The molecule has 0 bridgehead atoms. The Hall–Kier alpha value is -2.32. The van der Waals surface area contributed by atoms with E-state index in [0.29, 0.717) is 16.3 Å². The lowest BCUT2D eigenvalue weighted by Gasteiger charge is -2.01. The summed E-state index contributed by atoms with van der Waals surface area (Å²) < 4.78 is 5.10. The molecule has 0 aliphatic rings. The quantitative estimate of drug-likeness (QED) is 0.454. The SMILES string of the molecule is COc1cccc(C(=O)/C=C/C(Cl)=C/c2ccccc2)c1. The zero-order valence-corrected chi connectivity index (χ0v) is 12.4. The lowest BCUT2D eigenvalue weighted by molar-refractivity contribution is 0.104. The Bertz CT molecular complexity index is 673. The first-order valence-electron chi connectivity index (χ1n) is 6.48. The summed E-state index contributed by atoms with van der Waals surface area (Å²) in [4.78, 5) is 12.0. The predicted molar refractivity (Wildman–Crippen MR) is 86.7 cm³/mol. The standard InChI is InChI=1S/C18H15ClO2/c1-21-17-9-5-8-15(13-17)18(20)11-10-16(19)12-14-6-3-2-4-7-14/h2-13H,1H3/b11-10+,16-12-. The Kier molecular flexibility index (Phi) is 5.35. The highest BCUT2D eigenvalue weighted by Crippen LogP contribution is 2.15. The Morgan fingerprint density at radius 3 is 2.52 bits per heavy atom. The van der Waals surface area contributed by atoms with E-state index in [1.807, 2.05) is 30.3 Å². The van der Waals surface area contributed by atoms with Crippen LogP contribution in [0.4, 0.5) is 0 Å². The van der Waals surface area contributed by atoms with Gasteiger partial charge in [-0.3, -0.25) is 4.79 Å². The van der Waals surface area contributed by atoms with E-state index in [4.69, 9.17) is 16.3 Å². The monoisotopic (exact) mass is 298 g/mol. The first-order chi connectivity index (χ1) is 10.2. The number of benzene rings is 2. The highest BCUT2D eigenvalue weighted by atomic mass is 35.5. The summed E-state index contributed by atoms with van der Waals surface area (Å²) in [5.41, 5.74) is 1.55. The molecule has 2 nitrogen and oxygen atoms in total. The molecule has 2 rings (SSSR count). The van der Waals surface area contributed by atoms with E-state index in [1.165, 1.54) is 6.08 Å². The van der Waals surface area contributed by atoms with Gasteiger partial charge in [0.2, 0.25) is 0 Å². The van der Waals surface area contributed by atoms with Crippen molar-refractivity contribution in [1.82, 2.24) is 0 Å². The molecule has 2 aromatic carbocycles. The second-order valence-electron chi connectivity index (χ2n) is 4.37. The Balaban J connectivity index is 2.09. The molecule has 106 valence electrons. The van der Waals surface area contributed by atoms with Crippen molar-refractivity contribution in [2.24, 2.45) is 0 Å². The maximum Gasteiger partial charge on any atom is 0.186 e. The van der Waals surface area contributed by atoms with E-state index in [-0.39, 0.29) is 5.78 Å². The van der Waals surface area contributed by atoms with Gasteiger partial charge in [-0.05, 0) is 35.9 Å². The average molecular weight is 299 g/mol. The summed E-state index contributed by atoms with van der Waals surface area (Å²) in [6, 6.07) is 16.7. The average Bonchev–Trinajstić information content (AvgIpc) is 2.53. The van der Waals surface area contributed by atoms with Crippen molar-refractivity contribution in [1.29, 1.82) is 0 Å². The third kappa shape index (κ3) is 4.62. The summed E-state index contributed by atoms with van der Waals surface area (Å²) in [7, 11) is 1.57. The minimum Gasteiger partial charge on any atom is -0.497 e. The second-order valence-corrected chi connectivity index (χ2v) is 4.81. The zero-order valence-electron chi connectivity index (χ0n) is 11.6. The van der Waals surface area contributed by atoms with Crippen LogP contribution in [0.5, 0.6) is 5.75 Å². The number of rotatable bonds is 5. The van der Waals surface area contributed by atoms with Gasteiger partial charge in [0, 0.05) is 10.6 Å². The number of halogens is 1. The fourth-order valence-electron chi connectivity index (χ4n) is 1.78. The summed E-state index contributed by atoms with van der Waals surface area (Å²) in [5.74, 6) is 0.536. The number of allylic oxidation sites excluding steroid dienone is 3. The molecular weight excluding hydrogens is 284 g/mol. The summed E-state index contributed by atoms with van der Waals surface area (Å²) in [5, 5.41) is 0.498. The van der Waals surface area contributed by atoms with Crippen molar-refractivity contribution in [3.63, 3.8) is 0 Å². The highest BCUT2D eigenvalue weighted by Gasteiger charge is 2.03. The van der Waals surface area contributed by atoms with Crippen LogP contribution in [0.15, 0.2) is 71.8 Å². The molecule has 0 atom stereocenters. The molecule has 0 fully saturated rings. The van der Waals surface area contributed by atoms with Gasteiger partial charge in [0.1, 0.15) is 5.75 Å². The van der Waals surface area contributed by atoms with Crippen molar-refractivity contribution in [2.75, 3.05) is 7.11 Å². The molecule has 21 heavy (non-hydrogen) atoms. The van der Waals surface area contributed by atoms with Gasteiger partial charge in [0.25, 0.3) is 0 Å². The first kappa shape index (κ1) is 15.1. The van der Waals surface area contributed by atoms with Crippen molar-refractivity contribution >= 4 is 23.5 Å². The number of methoxy groups -OCH3 is 1. The summed E-state index contributed by atoms with van der Waals surface area (Å²) in [6.45, 7) is 0. The van der Waals surface area contributed by atoms with Gasteiger partial charge in [0.05, 0.1) is 7.11 Å². The van der Waals surface area contributed by atoms with Crippen LogP contribution >= 0.6 is 11.6 Å². The van der Waals surface area contributed by atoms with Crippen LogP contribution in [0, 0.1) is 0 Å². The topological polar surface area (TPSA) is 26.3 Å². The molecule has 0 aliphatic heterocycles. The molecule has 0 saturated heterocycles. The highest BCUT2D eigenvalue weighted by molar-refractivity contribution is 6.33. The van der Waals surface area contributed by atoms with Gasteiger partial charge in [-0.15, -0.1) is 0 Å². The van der Waals surface area contributed by atoms with Crippen molar-refractivity contribution < 1.29 is 9.53 Å². The molecule has 0 N–H and O–H groups in total. The molecule has 0 aromatic heterocycles. The van der Waals surface area contributed by atoms with E-state index in [9.17, 15) is 4.79 Å². The van der Waals surface area contributed by atoms with Gasteiger partial charge < -0.3 is 4.74 Å². The fraction of sp³-hybridized carbons (Fsp3) is 0.0556. The van der Waals surface area contributed by atoms with Crippen LogP contribution in [-0.4, -0.2) is 12.9 Å². The number of ketones is 1. The minimum atomic E-state index is -0.117. The van der Waals surface area contributed by atoms with Crippen LogP contribution < -0.4 is 4.74 Å². The van der Waals surface area contributed by atoms with E-state index in [1.54, 1.807) is 43.5 Å². The number of carbonyl (C=O) groups excluding carboxylic acids is 1. The van der Waals surface area contributed by atoms with Gasteiger partial charge in [-0.2, -0.15) is 0 Å². The molecule has 0 spiro atoms. The van der Waals surface area contributed by atoms with E-state index >= 15 is 0 Å². The van der Waals surface area contributed by atoms with Crippen molar-refractivity contribution in [3.05, 3.63) is 82.9 Å². The molecule has 0 amide bonds. The zero-order chi connectivity index (χ0) is 15.1. The number of hydrogen-bond donors (Lipinski definition) is 0.